The number of hydrogen-bond acceptors (Lipinski definition) is 9. The minimum atomic E-state index is -0.530. The summed E-state index contributed by atoms with van der Waals surface area (Å²) >= 11 is 0. The molecular weight excluding hydrogens is 436 g/mol. The van der Waals surface area contributed by atoms with Crippen molar-refractivity contribution >= 4 is 11.9 Å². The van der Waals surface area contributed by atoms with Gasteiger partial charge in [-0.3, -0.25) is 4.90 Å². The van der Waals surface area contributed by atoms with Crippen molar-refractivity contribution in [2.24, 2.45) is 0 Å². The van der Waals surface area contributed by atoms with E-state index in [0.29, 0.717) is 38.8 Å². The number of methoxy groups -OCH3 is 2. The number of anilines is 1. The second-order valence-corrected chi connectivity index (χ2v) is 10.1. The summed E-state index contributed by atoms with van der Waals surface area (Å²) in [7, 11) is 5.40. The van der Waals surface area contributed by atoms with E-state index >= 15 is 0 Å². The maximum Gasteiger partial charge on any atom is 0.410 e. The predicted molar refractivity (Wildman–Crippen MR) is 132 cm³/mol. The van der Waals surface area contributed by atoms with Crippen LogP contribution < -0.4 is 15.0 Å². The molecule has 34 heavy (non-hydrogen) atoms. The lowest BCUT2D eigenvalue weighted by Crippen LogP contribution is -2.58. The monoisotopic (exact) mass is 478 g/mol. The molecule has 1 aromatic rings. The number of nitrogens with one attached hydrogen (secondary N) is 1. The maximum absolute atomic E-state index is 12.7. The standard InChI is InChI=1S/C19H31N5O4.C5H11N/c1-19(2,3)28-18(25)24-9-8-23(11-13(24)12-26-4)16-14-6-7-20-10-15(14)21-17(22-16)27-5;1-6-4-2-3-5-6/h13,20H,6-12H2,1-5H3;2-5H2,1H3. The number of amides is 1. The zero-order valence-corrected chi connectivity index (χ0v) is 21.7. The lowest BCUT2D eigenvalue weighted by atomic mass is 10.1. The van der Waals surface area contributed by atoms with E-state index in [1.165, 1.54) is 25.9 Å². The van der Waals surface area contributed by atoms with Crippen LogP contribution in [0.1, 0.15) is 44.9 Å². The van der Waals surface area contributed by atoms with Crippen molar-refractivity contribution in [3.63, 3.8) is 0 Å². The first-order valence-electron chi connectivity index (χ1n) is 12.3. The Hall–Kier alpha value is -2.17. The molecule has 0 aliphatic carbocycles. The van der Waals surface area contributed by atoms with Gasteiger partial charge in [0.1, 0.15) is 11.4 Å². The molecule has 0 radical (unpaired) electrons. The van der Waals surface area contributed by atoms with Gasteiger partial charge in [-0.15, -0.1) is 0 Å². The van der Waals surface area contributed by atoms with E-state index in [1.54, 1.807) is 19.1 Å². The van der Waals surface area contributed by atoms with Gasteiger partial charge in [0.25, 0.3) is 0 Å². The van der Waals surface area contributed by atoms with Crippen LogP contribution in [0.2, 0.25) is 0 Å². The van der Waals surface area contributed by atoms with Crippen molar-refractivity contribution < 1.29 is 19.0 Å². The Kier molecular flexibility index (Phi) is 9.32. The molecule has 2 saturated heterocycles. The molecule has 192 valence electrons. The van der Waals surface area contributed by atoms with Gasteiger partial charge in [0.05, 0.1) is 25.5 Å². The average Bonchev–Trinajstić information content (AvgIpc) is 3.28. The maximum atomic E-state index is 12.7. The minimum Gasteiger partial charge on any atom is -0.467 e. The molecular formula is C24H42N6O4. The Balaban J connectivity index is 0.000000469. The smallest absolute Gasteiger partial charge is 0.410 e. The largest absolute Gasteiger partial charge is 0.467 e. The Bertz CT molecular complexity index is 809. The molecule has 0 bridgehead atoms. The van der Waals surface area contributed by atoms with Gasteiger partial charge in [0.2, 0.25) is 0 Å². The highest BCUT2D eigenvalue weighted by Gasteiger charge is 2.35. The summed E-state index contributed by atoms with van der Waals surface area (Å²) < 4.78 is 16.3. The van der Waals surface area contributed by atoms with E-state index in [0.717, 1.165) is 30.0 Å². The van der Waals surface area contributed by atoms with Crippen LogP contribution in [0.3, 0.4) is 0 Å². The van der Waals surface area contributed by atoms with Crippen molar-refractivity contribution in [2.45, 2.75) is 58.2 Å². The second-order valence-electron chi connectivity index (χ2n) is 10.1. The van der Waals surface area contributed by atoms with Crippen LogP contribution in [0.4, 0.5) is 10.6 Å². The number of ether oxygens (including phenoxy) is 3. The van der Waals surface area contributed by atoms with Crippen LogP contribution in [0.5, 0.6) is 6.01 Å². The van der Waals surface area contributed by atoms with Crippen LogP contribution >= 0.6 is 0 Å². The van der Waals surface area contributed by atoms with E-state index in [9.17, 15) is 4.79 Å². The van der Waals surface area contributed by atoms with E-state index in [2.05, 4.69) is 32.1 Å². The SMILES string of the molecule is CN1CCCC1.COCC1CN(c2nc(OC)nc3c2CCNC3)CCN1C(=O)OC(C)(C)C. The first-order chi connectivity index (χ1) is 16.2. The van der Waals surface area contributed by atoms with Crippen LogP contribution in [0, 0.1) is 0 Å². The van der Waals surface area contributed by atoms with Gasteiger partial charge >= 0.3 is 12.1 Å². The number of nitrogens with zero attached hydrogens (tertiary/aromatic N) is 5. The summed E-state index contributed by atoms with van der Waals surface area (Å²) in [6.07, 6.45) is 3.39. The molecule has 0 aromatic carbocycles. The zero-order chi connectivity index (χ0) is 24.7. The Morgan fingerprint density at radius 2 is 1.85 bits per heavy atom. The van der Waals surface area contributed by atoms with Gasteiger partial charge in [-0.05, 0) is 66.7 Å². The highest BCUT2D eigenvalue weighted by Crippen LogP contribution is 2.28. The number of aromatic nitrogens is 2. The zero-order valence-electron chi connectivity index (χ0n) is 21.7. The molecule has 0 saturated carbocycles. The third kappa shape index (κ3) is 7.16. The molecule has 10 nitrogen and oxygen atoms in total. The number of carbonyl (C=O) groups excluding carboxylic acids is 1. The van der Waals surface area contributed by atoms with Crippen molar-refractivity contribution in [1.29, 1.82) is 0 Å². The molecule has 4 rings (SSSR count). The Morgan fingerprint density at radius 3 is 2.44 bits per heavy atom. The molecule has 0 spiro atoms. The third-order valence-corrected chi connectivity index (χ3v) is 6.18. The first kappa shape index (κ1) is 26.4. The summed E-state index contributed by atoms with van der Waals surface area (Å²) in [6, 6.07) is 0.252. The van der Waals surface area contributed by atoms with Gasteiger partial charge in [-0.2, -0.15) is 9.97 Å². The summed E-state index contributed by atoms with van der Waals surface area (Å²) in [5, 5.41) is 3.34. The number of likely N-dealkylation sites (tertiary alicyclic amines) is 1. The van der Waals surface area contributed by atoms with Gasteiger partial charge in [0.15, 0.2) is 0 Å². The number of fused-ring (bicyclic) bond motifs is 1. The third-order valence-electron chi connectivity index (χ3n) is 6.18. The van der Waals surface area contributed by atoms with Crippen LogP contribution in [0.15, 0.2) is 0 Å². The van der Waals surface area contributed by atoms with Crippen LogP contribution in [-0.2, 0) is 22.4 Å². The molecule has 1 aromatic heterocycles. The quantitative estimate of drug-likeness (QED) is 0.697. The fourth-order valence-corrected chi connectivity index (χ4v) is 4.49. The predicted octanol–water partition coefficient (Wildman–Crippen LogP) is 1.92. The molecule has 1 unspecified atom stereocenters. The fourth-order valence-electron chi connectivity index (χ4n) is 4.49. The summed E-state index contributed by atoms with van der Waals surface area (Å²) in [5.41, 5.74) is 1.60. The van der Waals surface area contributed by atoms with E-state index in [4.69, 9.17) is 14.2 Å². The Labute approximate surface area is 203 Å². The minimum absolute atomic E-state index is 0.119. The molecule has 1 amide bonds. The highest BCUT2D eigenvalue weighted by molar-refractivity contribution is 5.69. The fraction of sp³-hybridized carbons (Fsp3) is 0.792. The van der Waals surface area contributed by atoms with Crippen molar-refractivity contribution in [2.75, 3.05) is 72.0 Å². The number of piperazine rings is 1. The lowest BCUT2D eigenvalue weighted by Gasteiger charge is -2.42. The van der Waals surface area contributed by atoms with Gasteiger partial charge in [0, 0.05) is 38.9 Å². The van der Waals surface area contributed by atoms with E-state index in [1.807, 2.05) is 20.8 Å². The van der Waals surface area contributed by atoms with Gasteiger partial charge in [-0.1, -0.05) is 0 Å². The van der Waals surface area contributed by atoms with Gasteiger partial charge in [-0.25, -0.2) is 4.79 Å². The van der Waals surface area contributed by atoms with Crippen molar-refractivity contribution in [1.82, 2.24) is 25.1 Å². The molecule has 10 heteroatoms. The second kappa shape index (κ2) is 12.0. The number of hydrogen-bond donors (Lipinski definition) is 1. The van der Waals surface area contributed by atoms with E-state index in [-0.39, 0.29) is 12.1 Å². The molecule has 3 aliphatic rings. The summed E-state index contributed by atoms with van der Waals surface area (Å²) in [4.78, 5) is 28.1. The topological polar surface area (TPSA) is 92.3 Å². The van der Waals surface area contributed by atoms with E-state index < -0.39 is 5.60 Å². The van der Waals surface area contributed by atoms with Crippen molar-refractivity contribution in [3.8, 4) is 6.01 Å². The molecule has 4 heterocycles. The van der Waals surface area contributed by atoms with Crippen LogP contribution in [-0.4, -0.2) is 105 Å². The Morgan fingerprint density at radius 1 is 1.12 bits per heavy atom. The van der Waals surface area contributed by atoms with Gasteiger partial charge < -0.3 is 29.3 Å². The molecule has 1 atom stereocenters. The highest BCUT2D eigenvalue weighted by atomic mass is 16.6. The summed E-state index contributed by atoms with van der Waals surface area (Å²) in [5.74, 6) is 0.897. The average molecular weight is 479 g/mol. The summed E-state index contributed by atoms with van der Waals surface area (Å²) in [6.45, 7) is 12.1. The van der Waals surface area contributed by atoms with Crippen molar-refractivity contribution in [3.05, 3.63) is 11.3 Å². The number of carbonyl (C=O) groups is 1. The molecule has 3 aliphatic heterocycles. The number of rotatable bonds is 4. The molecule has 1 N–H and O–H groups in total. The lowest BCUT2D eigenvalue weighted by molar-refractivity contribution is 0.00335. The molecule has 2 fully saturated rings. The normalized spacial score (nSPS) is 20.9. The van der Waals surface area contributed by atoms with Crippen LogP contribution in [0.25, 0.3) is 0 Å². The first-order valence-corrected chi connectivity index (χ1v) is 12.3.